The van der Waals surface area contributed by atoms with Gasteiger partial charge in [0.2, 0.25) is 0 Å². The molecule has 0 radical (unpaired) electrons. The summed E-state index contributed by atoms with van der Waals surface area (Å²) in [5.74, 6) is -8.40. The first-order chi connectivity index (χ1) is 8.77. The lowest BCUT2D eigenvalue weighted by Gasteiger charge is -2.05. The molecule has 0 aliphatic carbocycles. The number of aliphatic carboxylic acids is 1. The van der Waals surface area contributed by atoms with Crippen LogP contribution in [0.4, 0.5) is 17.6 Å². The van der Waals surface area contributed by atoms with Crippen molar-refractivity contribution in [3.05, 3.63) is 34.4 Å². The van der Waals surface area contributed by atoms with E-state index in [2.05, 4.69) is 0 Å². The van der Waals surface area contributed by atoms with Crippen molar-refractivity contribution < 1.29 is 37.4 Å². The van der Waals surface area contributed by atoms with Crippen molar-refractivity contribution in [3.63, 3.8) is 0 Å². The Kier molecular flexibility index (Phi) is 4.11. The number of carbonyl (C=O) groups is 2. The fourth-order valence-corrected chi connectivity index (χ4v) is 1.14. The van der Waals surface area contributed by atoms with Gasteiger partial charge in [0.25, 0.3) is 0 Å². The van der Waals surface area contributed by atoms with E-state index in [1.54, 1.807) is 11.8 Å². The SMILES string of the molecule is O=C(O)CC#Cc1c(F)c(F)c(C(=O)O)c(F)c1F. The molecule has 1 aromatic carbocycles. The average Bonchev–Trinajstić information content (AvgIpc) is 2.30. The molecular formula is C11H4F4O4. The number of rotatable bonds is 2. The summed E-state index contributed by atoms with van der Waals surface area (Å²) in [6.07, 6.45) is -0.803. The van der Waals surface area contributed by atoms with Crippen molar-refractivity contribution in [1.82, 2.24) is 0 Å². The number of aromatic carboxylic acids is 1. The standard InChI is InChI=1S/C11H4F4O4/c12-7-4(2-1-3-5(16)17)8(13)10(15)6(9(7)14)11(18)19/h3H2,(H,16,17)(H,18,19). The highest BCUT2D eigenvalue weighted by molar-refractivity contribution is 5.88. The molecule has 0 spiro atoms. The minimum atomic E-state index is -2.18. The normalized spacial score (nSPS) is 9.68. The maximum absolute atomic E-state index is 13.3. The van der Waals surface area contributed by atoms with Crippen LogP contribution in [0.5, 0.6) is 0 Å². The molecule has 0 fully saturated rings. The minimum absolute atomic E-state index is 0.803. The Morgan fingerprint density at radius 2 is 1.42 bits per heavy atom. The van der Waals surface area contributed by atoms with Gasteiger partial charge in [0, 0.05) is 0 Å². The molecule has 0 bridgehead atoms. The van der Waals surface area contributed by atoms with Gasteiger partial charge in [0.1, 0.15) is 17.5 Å². The van der Waals surface area contributed by atoms with Crippen molar-refractivity contribution in [1.29, 1.82) is 0 Å². The Morgan fingerprint density at radius 3 is 1.79 bits per heavy atom. The third kappa shape index (κ3) is 2.82. The average molecular weight is 276 g/mol. The molecule has 0 saturated heterocycles. The van der Waals surface area contributed by atoms with Gasteiger partial charge in [-0.05, 0) is 0 Å². The van der Waals surface area contributed by atoms with Crippen LogP contribution in [0, 0.1) is 35.1 Å². The quantitative estimate of drug-likeness (QED) is 0.490. The summed E-state index contributed by atoms with van der Waals surface area (Å²) in [7, 11) is 0. The summed E-state index contributed by atoms with van der Waals surface area (Å²) in [4.78, 5) is 20.6. The molecule has 0 aromatic heterocycles. The largest absolute Gasteiger partial charge is 0.481 e. The number of carboxylic acid groups (broad SMARTS) is 2. The molecule has 0 amide bonds. The van der Waals surface area contributed by atoms with Crippen LogP contribution in [-0.2, 0) is 4.79 Å². The Morgan fingerprint density at radius 1 is 0.947 bits per heavy atom. The third-order valence-corrected chi connectivity index (χ3v) is 1.93. The topological polar surface area (TPSA) is 74.6 Å². The fourth-order valence-electron chi connectivity index (χ4n) is 1.14. The summed E-state index contributed by atoms with van der Waals surface area (Å²) in [5, 5.41) is 16.6. The maximum atomic E-state index is 13.3. The van der Waals surface area contributed by atoms with Gasteiger partial charge in [-0.25, -0.2) is 22.4 Å². The number of halogens is 4. The van der Waals surface area contributed by atoms with Gasteiger partial charge in [-0.1, -0.05) is 11.8 Å². The van der Waals surface area contributed by atoms with Crippen molar-refractivity contribution in [2.45, 2.75) is 6.42 Å². The fraction of sp³-hybridized carbons (Fsp3) is 0.0909. The van der Waals surface area contributed by atoms with Gasteiger partial charge in [0.15, 0.2) is 23.3 Å². The van der Waals surface area contributed by atoms with Crippen molar-refractivity contribution in [3.8, 4) is 11.8 Å². The predicted molar refractivity (Wildman–Crippen MR) is 52.4 cm³/mol. The molecule has 0 atom stereocenters. The van der Waals surface area contributed by atoms with E-state index in [1.807, 2.05) is 0 Å². The molecule has 100 valence electrons. The van der Waals surface area contributed by atoms with Crippen LogP contribution in [0.1, 0.15) is 22.3 Å². The van der Waals surface area contributed by atoms with Crippen LogP contribution in [0.25, 0.3) is 0 Å². The lowest BCUT2D eigenvalue weighted by atomic mass is 10.1. The van der Waals surface area contributed by atoms with Crippen LogP contribution in [0.3, 0.4) is 0 Å². The molecule has 4 nitrogen and oxygen atoms in total. The molecule has 0 aliphatic rings. The lowest BCUT2D eigenvalue weighted by Crippen LogP contribution is -2.11. The van der Waals surface area contributed by atoms with E-state index in [1.165, 1.54) is 0 Å². The van der Waals surface area contributed by atoms with E-state index in [-0.39, 0.29) is 0 Å². The van der Waals surface area contributed by atoms with Gasteiger partial charge in [-0.2, -0.15) is 0 Å². The molecule has 0 aliphatic heterocycles. The van der Waals surface area contributed by atoms with E-state index in [0.29, 0.717) is 0 Å². The summed E-state index contributed by atoms with van der Waals surface area (Å²) in [6, 6.07) is 0. The molecule has 2 N–H and O–H groups in total. The molecule has 8 heteroatoms. The van der Waals surface area contributed by atoms with Gasteiger partial charge < -0.3 is 10.2 Å². The first kappa shape index (κ1) is 14.5. The number of hydrogen-bond acceptors (Lipinski definition) is 2. The van der Waals surface area contributed by atoms with E-state index >= 15 is 0 Å². The zero-order chi connectivity index (χ0) is 14.7. The van der Waals surface area contributed by atoms with Crippen LogP contribution in [-0.4, -0.2) is 22.2 Å². The van der Waals surface area contributed by atoms with Gasteiger partial charge in [-0.15, -0.1) is 0 Å². The van der Waals surface area contributed by atoms with Crippen LogP contribution in [0.2, 0.25) is 0 Å². The molecule has 1 aromatic rings. The lowest BCUT2D eigenvalue weighted by molar-refractivity contribution is -0.135. The predicted octanol–water partition coefficient (Wildman–Crippen LogP) is 1.77. The Balaban J connectivity index is 3.47. The van der Waals surface area contributed by atoms with Crippen molar-refractivity contribution in [2.24, 2.45) is 0 Å². The third-order valence-electron chi connectivity index (χ3n) is 1.93. The molecule has 1 rings (SSSR count). The van der Waals surface area contributed by atoms with Crippen molar-refractivity contribution >= 4 is 11.9 Å². The van der Waals surface area contributed by atoms with E-state index < -0.39 is 52.8 Å². The zero-order valence-electron chi connectivity index (χ0n) is 8.93. The highest BCUT2D eigenvalue weighted by Gasteiger charge is 2.28. The Labute approximate surface area is 103 Å². The molecule has 19 heavy (non-hydrogen) atoms. The number of hydrogen-bond donors (Lipinski definition) is 2. The highest BCUT2D eigenvalue weighted by Crippen LogP contribution is 2.23. The smallest absolute Gasteiger partial charge is 0.341 e. The summed E-state index contributed by atoms with van der Waals surface area (Å²) < 4.78 is 53.0. The second-order valence-electron chi connectivity index (χ2n) is 3.18. The van der Waals surface area contributed by atoms with Gasteiger partial charge in [-0.3, -0.25) is 4.79 Å². The van der Waals surface area contributed by atoms with Crippen LogP contribution in [0.15, 0.2) is 0 Å². The second-order valence-corrected chi connectivity index (χ2v) is 3.18. The maximum Gasteiger partial charge on any atom is 0.341 e. The Bertz CT molecular complexity index is 599. The summed E-state index contributed by atoms with van der Waals surface area (Å²) in [5.41, 5.74) is -3.14. The summed E-state index contributed by atoms with van der Waals surface area (Å²) in [6.45, 7) is 0. The summed E-state index contributed by atoms with van der Waals surface area (Å²) >= 11 is 0. The van der Waals surface area contributed by atoms with E-state index in [0.717, 1.165) is 0 Å². The van der Waals surface area contributed by atoms with Crippen molar-refractivity contribution in [2.75, 3.05) is 0 Å². The van der Waals surface area contributed by atoms with Gasteiger partial charge >= 0.3 is 11.9 Å². The van der Waals surface area contributed by atoms with Crippen LogP contribution >= 0.6 is 0 Å². The zero-order valence-corrected chi connectivity index (χ0v) is 8.93. The van der Waals surface area contributed by atoms with Crippen LogP contribution < -0.4 is 0 Å². The molecular weight excluding hydrogens is 272 g/mol. The Hall–Kier alpha value is -2.56. The minimum Gasteiger partial charge on any atom is -0.481 e. The number of carboxylic acids is 2. The second kappa shape index (κ2) is 5.39. The first-order valence-electron chi connectivity index (χ1n) is 4.57. The van der Waals surface area contributed by atoms with E-state index in [4.69, 9.17) is 10.2 Å². The molecule has 0 heterocycles. The van der Waals surface area contributed by atoms with E-state index in [9.17, 15) is 27.2 Å². The highest BCUT2D eigenvalue weighted by atomic mass is 19.2. The monoisotopic (exact) mass is 276 g/mol. The molecule has 0 unspecified atom stereocenters. The molecule has 0 saturated carbocycles. The first-order valence-corrected chi connectivity index (χ1v) is 4.57. The van der Waals surface area contributed by atoms with Gasteiger partial charge in [0.05, 0.1) is 0 Å². The number of benzene rings is 1.